The molecule has 0 bridgehead atoms. The lowest BCUT2D eigenvalue weighted by Gasteiger charge is -2.27. The van der Waals surface area contributed by atoms with Gasteiger partial charge in [-0.05, 0) is 30.2 Å². The molecule has 1 aliphatic rings. The molecule has 2 aromatic heterocycles. The maximum atomic E-state index is 12.3. The third kappa shape index (κ3) is 5.55. The largest absolute Gasteiger partial charge is 0.378 e. The molecule has 0 saturated carbocycles. The molecule has 32 heavy (non-hydrogen) atoms. The van der Waals surface area contributed by atoms with E-state index in [4.69, 9.17) is 16.3 Å². The number of morpholine rings is 1. The van der Waals surface area contributed by atoms with E-state index in [-0.39, 0.29) is 5.91 Å². The van der Waals surface area contributed by atoms with Crippen LogP contribution in [-0.2, 0) is 22.6 Å². The van der Waals surface area contributed by atoms with Gasteiger partial charge in [0.05, 0.1) is 25.5 Å². The summed E-state index contributed by atoms with van der Waals surface area (Å²) in [6, 6.07) is 14.0. The van der Waals surface area contributed by atoms with Crippen molar-refractivity contribution >= 4 is 29.4 Å². The van der Waals surface area contributed by atoms with Gasteiger partial charge in [-0.15, -0.1) is 0 Å². The Hall–Kier alpha value is -3.16. The molecule has 1 fully saturated rings. The fraction of sp³-hybridized carbons (Fsp3) is 0.292. The van der Waals surface area contributed by atoms with E-state index in [0.717, 1.165) is 54.5 Å². The molecular formula is C24H26ClN5O2. The minimum absolute atomic E-state index is 0.200. The van der Waals surface area contributed by atoms with Gasteiger partial charge in [0.15, 0.2) is 0 Å². The predicted molar refractivity (Wildman–Crippen MR) is 126 cm³/mol. The molecule has 1 N–H and O–H groups in total. The molecule has 166 valence electrons. The first kappa shape index (κ1) is 22.0. The third-order valence-electron chi connectivity index (χ3n) is 5.30. The number of hydrogen-bond donors (Lipinski definition) is 1. The van der Waals surface area contributed by atoms with Gasteiger partial charge in [-0.25, -0.2) is 9.67 Å². The number of rotatable bonds is 7. The number of ether oxygens (including phenoxy) is 1. The van der Waals surface area contributed by atoms with Gasteiger partial charge in [0.25, 0.3) is 0 Å². The fourth-order valence-electron chi connectivity index (χ4n) is 3.53. The minimum Gasteiger partial charge on any atom is -0.378 e. The van der Waals surface area contributed by atoms with Crippen LogP contribution >= 0.6 is 11.6 Å². The molecule has 1 aromatic carbocycles. The Morgan fingerprint density at radius 1 is 1.16 bits per heavy atom. The summed E-state index contributed by atoms with van der Waals surface area (Å²) in [5.74, 6) is 0.731. The molecule has 0 unspecified atom stereocenters. The van der Waals surface area contributed by atoms with Crippen LogP contribution in [0.5, 0.6) is 0 Å². The second-order valence-corrected chi connectivity index (χ2v) is 7.97. The van der Waals surface area contributed by atoms with E-state index in [1.165, 1.54) is 6.08 Å². The Kier molecular flexibility index (Phi) is 7.19. The number of aromatic nitrogens is 3. The van der Waals surface area contributed by atoms with Gasteiger partial charge in [-0.1, -0.05) is 48.0 Å². The first-order chi connectivity index (χ1) is 15.6. The van der Waals surface area contributed by atoms with Crippen molar-refractivity contribution in [3.8, 4) is 0 Å². The number of benzene rings is 1. The summed E-state index contributed by atoms with van der Waals surface area (Å²) in [6.45, 7) is 6.00. The standard InChI is InChI=1S/C24H26ClN5O2/c1-18-21(24(25)30(28-18)17-19-5-3-2-4-6-19)8-10-23(31)27-16-20-7-9-22(26-15-20)29-11-13-32-14-12-29/h2-10,15H,11-14,16-17H2,1H3,(H,27,31)/b10-8+. The highest BCUT2D eigenvalue weighted by Crippen LogP contribution is 2.22. The Bertz CT molecular complexity index is 1070. The maximum absolute atomic E-state index is 12.3. The zero-order valence-electron chi connectivity index (χ0n) is 18.0. The predicted octanol–water partition coefficient (Wildman–Crippen LogP) is 3.45. The summed E-state index contributed by atoms with van der Waals surface area (Å²) in [5.41, 5.74) is 3.57. The van der Waals surface area contributed by atoms with Crippen LogP contribution in [0.3, 0.4) is 0 Å². The molecule has 7 nitrogen and oxygen atoms in total. The number of halogens is 1. The molecule has 4 rings (SSSR count). The van der Waals surface area contributed by atoms with Gasteiger partial charge < -0.3 is 15.0 Å². The normalized spacial score (nSPS) is 14.1. The Balaban J connectivity index is 1.32. The smallest absolute Gasteiger partial charge is 0.244 e. The first-order valence-corrected chi connectivity index (χ1v) is 11.0. The SMILES string of the molecule is Cc1nn(Cc2ccccc2)c(Cl)c1/C=C/C(=O)NCc1ccc(N2CCOCC2)nc1. The van der Waals surface area contributed by atoms with Gasteiger partial charge in [0.1, 0.15) is 11.0 Å². The molecule has 0 atom stereocenters. The number of amides is 1. The second kappa shape index (κ2) is 10.4. The monoisotopic (exact) mass is 451 g/mol. The Morgan fingerprint density at radius 3 is 2.66 bits per heavy atom. The van der Waals surface area contributed by atoms with E-state index in [9.17, 15) is 4.79 Å². The number of nitrogens with zero attached hydrogens (tertiary/aromatic N) is 4. The van der Waals surface area contributed by atoms with Crippen LogP contribution in [0.4, 0.5) is 5.82 Å². The summed E-state index contributed by atoms with van der Waals surface area (Å²) < 4.78 is 7.11. The Morgan fingerprint density at radius 2 is 1.94 bits per heavy atom. The van der Waals surface area contributed by atoms with E-state index in [1.54, 1.807) is 17.0 Å². The van der Waals surface area contributed by atoms with Crippen molar-refractivity contribution < 1.29 is 9.53 Å². The highest BCUT2D eigenvalue weighted by molar-refractivity contribution is 6.31. The summed E-state index contributed by atoms with van der Waals surface area (Å²) >= 11 is 6.51. The van der Waals surface area contributed by atoms with Crippen molar-refractivity contribution in [2.75, 3.05) is 31.2 Å². The van der Waals surface area contributed by atoms with Gasteiger partial charge in [0, 0.05) is 37.5 Å². The number of carbonyl (C=O) groups excluding carboxylic acids is 1. The molecular weight excluding hydrogens is 426 g/mol. The van der Waals surface area contributed by atoms with Crippen molar-refractivity contribution in [3.63, 3.8) is 0 Å². The van der Waals surface area contributed by atoms with E-state index in [2.05, 4.69) is 20.3 Å². The van der Waals surface area contributed by atoms with Gasteiger partial charge in [0.2, 0.25) is 5.91 Å². The highest BCUT2D eigenvalue weighted by Gasteiger charge is 2.13. The molecule has 0 aliphatic carbocycles. The first-order valence-electron chi connectivity index (χ1n) is 10.6. The van der Waals surface area contributed by atoms with Crippen molar-refractivity contribution in [2.45, 2.75) is 20.0 Å². The third-order valence-corrected chi connectivity index (χ3v) is 5.70. The summed E-state index contributed by atoms with van der Waals surface area (Å²) in [4.78, 5) is 19.0. The lowest BCUT2D eigenvalue weighted by atomic mass is 10.2. The van der Waals surface area contributed by atoms with Crippen LogP contribution in [-0.4, -0.2) is 47.0 Å². The highest BCUT2D eigenvalue weighted by atomic mass is 35.5. The lowest BCUT2D eigenvalue weighted by molar-refractivity contribution is -0.116. The number of aryl methyl sites for hydroxylation is 1. The number of nitrogens with one attached hydrogen (secondary N) is 1. The molecule has 1 aliphatic heterocycles. The number of pyridine rings is 1. The van der Waals surface area contributed by atoms with Crippen molar-refractivity contribution in [1.29, 1.82) is 0 Å². The molecule has 1 saturated heterocycles. The van der Waals surface area contributed by atoms with E-state index in [1.807, 2.05) is 49.4 Å². The number of hydrogen-bond acceptors (Lipinski definition) is 5. The summed E-state index contributed by atoms with van der Waals surface area (Å²) in [6.07, 6.45) is 4.99. The van der Waals surface area contributed by atoms with Crippen LogP contribution in [0.25, 0.3) is 6.08 Å². The number of anilines is 1. The molecule has 3 aromatic rings. The van der Waals surface area contributed by atoms with Gasteiger partial charge in [-0.2, -0.15) is 5.10 Å². The molecule has 1 amide bonds. The molecule has 0 radical (unpaired) electrons. The second-order valence-electron chi connectivity index (χ2n) is 7.61. The average Bonchev–Trinajstić information content (AvgIpc) is 3.10. The lowest BCUT2D eigenvalue weighted by Crippen LogP contribution is -2.36. The van der Waals surface area contributed by atoms with Gasteiger partial charge in [-0.3, -0.25) is 4.79 Å². The average molecular weight is 452 g/mol. The topological polar surface area (TPSA) is 72.3 Å². The quantitative estimate of drug-likeness (QED) is 0.557. The van der Waals surface area contributed by atoms with E-state index >= 15 is 0 Å². The van der Waals surface area contributed by atoms with Crippen molar-refractivity contribution in [2.24, 2.45) is 0 Å². The van der Waals surface area contributed by atoms with Crippen molar-refractivity contribution in [3.05, 3.63) is 82.3 Å². The minimum atomic E-state index is -0.200. The maximum Gasteiger partial charge on any atom is 0.244 e. The van der Waals surface area contributed by atoms with Gasteiger partial charge >= 0.3 is 0 Å². The van der Waals surface area contributed by atoms with E-state index < -0.39 is 0 Å². The van der Waals surface area contributed by atoms with E-state index in [0.29, 0.717) is 18.2 Å². The zero-order valence-corrected chi connectivity index (χ0v) is 18.8. The van der Waals surface area contributed by atoms with Crippen LogP contribution in [0.2, 0.25) is 5.15 Å². The van der Waals surface area contributed by atoms with Crippen LogP contribution in [0.15, 0.2) is 54.7 Å². The molecule has 0 spiro atoms. The zero-order chi connectivity index (χ0) is 22.3. The fourth-order valence-corrected chi connectivity index (χ4v) is 3.82. The van der Waals surface area contributed by atoms with Crippen LogP contribution < -0.4 is 10.2 Å². The number of carbonyl (C=O) groups is 1. The van der Waals surface area contributed by atoms with Crippen LogP contribution in [0, 0.1) is 6.92 Å². The molecule has 3 heterocycles. The summed E-state index contributed by atoms with van der Waals surface area (Å²) in [7, 11) is 0. The summed E-state index contributed by atoms with van der Waals surface area (Å²) in [5, 5.41) is 7.90. The molecule has 8 heteroatoms. The Labute approximate surface area is 192 Å². The van der Waals surface area contributed by atoms with Crippen molar-refractivity contribution in [1.82, 2.24) is 20.1 Å². The van der Waals surface area contributed by atoms with Crippen LogP contribution in [0.1, 0.15) is 22.4 Å².